The van der Waals surface area contributed by atoms with Crippen molar-refractivity contribution in [2.24, 2.45) is 23.7 Å². The molecule has 0 spiro atoms. The van der Waals surface area contributed by atoms with Gasteiger partial charge in [0.05, 0.1) is 0 Å². The zero-order chi connectivity index (χ0) is 12.3. The molecule has 1 fully saturated rings. The van der Waals surface area contributed by atoms with Gasteiger partial charge in [0.1, 0.15) is 0 Å². The Balaban J connectivity index is 2.71. The van der Waals surface area contributed by atoms with E-state index in [9.17, 15) is 4.79 Å². The summed E-state index contributed by atoms with van der Waals surface area (Å²) in [6.45, 7) is 12.6. The molecule has 1 amide bonds. The first kappa shape index (κ1) is 13.3. The fourth-order valence-electron chi connectivity index (χ4n) is 3.20. The van der Waals surface area contributed by atoms with E-state index in [1.807, 2.05) is 0 Å². The molecule has 92 valence electrons. The van der Waals surface area contributed by atoms with E-state index in [4.69, 9.17) is 0 Å². The quantitative estimate of drug-likeness (QED) is 0.729. The van der Waals surface area contributed by atoms with Crippen molar-refractivity contribution in [3.63, 3.8) is 0 Å². The number of carbonyl (C=O) groups excluding carboxylic acids is 1. The first-order chi connectivity index (χ1) is 7.47. The minimum atomic E-state index is -0.0277. The lowest BCUT2D eigenvalue weighted by atomic mass is 9.78. The molecule has 3 atom stereocenters. The highest BCUT2D eigenvalue weighted by atomic mass is 16.1. The maximum absolute atomic E-state index is 11.4. The summed E-state index contributed by atoms with van der Waals surface area (Å²) < 4.78 is 0. The Bertz CT molecular complexity index is 257. The Morgan fingerprint density at radius 3 is 2.31 bits per heavy atom. The van der Waals surface area contributed by atoms with Crippen LogP contribution in [0.2, 0.25) is 0 Å². The second-order valence-electron chi connectivity index (χ2n) is 5.63. The monoisotopic (exact) mass is 223 g/mol. The van der Waals surface area contributed by atoms with E-state index in [-0.39, 0.29) is 5.91 Å². The second-order valence-corrected chi connectivity index (χ2v) is 5.63. The van der Waals surface area contributed by atoms with Crippen molar-refractivity contribution in [2.75, 3.05) is 0 Å². The molecule has 1 saturated carbocycles. The third kappa shape index (κ3) is 2.87. The number of rotatable bonds is 4. The van der Waals surface area contributed by atoms with E-state index in [1.54, 1.807) is 0 Å². The molecule has 0 heterocycles. The molecule has 0 aromatic rings. The Kier molecular flexibility index (Phi) is 4.57. The molecule has 2 nitrogen and oxygen atoms in total. The van der Waals surface area contributed by atoms with Crippen LogP contribution in [-0.2, 0) is 4.79 Å². The lowest BCUT2D eigenvalue weighted by molar-refractivity contribution is -0.117. The summed E-state index contributed by atoms with van der Waals surface area (Å²) >= 11 is 0. The first-order valence-corrected chi connectivity index (χ1v) is 6.40. The predicted octanol–water partition coefficient (Wildman–Crippen LogP) is 3.00. The maximum Gasteiger partial charge on any atom is 0.243 e. The van der Waals surface area contributed by atoms with Crippen LogP contribution in [0.5, 0.6) is 0 Å². The van der Waals surface area contributed by atoms with Gasteiger partial charge in [-0.25, -0.2) is 0 Å². The lowest BCUT2D eigenvalue weighted by Gasteiger charge is -2.31. The average Bonchev–Trinajstić information content (AvgIpc) is 2.61. The van der Waals surface area contributed by atoms with Crippen molar-refractivity contribution >= 4 is 5.91 Å². The van der Waals surface area contributed by atoms with Gasteiger partial charge in [-0.2, -0.15) is 0 Å². The third-order valence-corrected chi connectivity index (χ3v) is 3.91. The van der Waals surface area contributed by atoms with Gasteiger partial charge in [-0.05, 0) is 42.6 Å². The molecule has 1 N–H and O–H groups in total. The lowest BCUT2D eigenvalue weighted by Crippen LogP contribution is -2.40. The van der Waals surface area contributed by atoms with Gasteiger partial charge in [-0.3, -0.25) is 4.79 Å². The zero-order valence-corrected chi connectivity index (χ0v) is 11.0. The van der Waals surface area contributed by atoms with Gasteiger partial charge < -0.3 is 5.32 Å². The van der Waals surface area contributed by atoms with Crippen LogP contribution in [0, 0.1) is 23.7 Å². The first-order valence-electron chi connectivity index (χ1n) is 6.40. The van der Waals surface area contributed by atoms with Crippen LogP contribution in [-0.4, -0.2) is 11.9 Å². The number of amides is 1. The molecule has 1 aliphatic rings. The second kappa shape index (κ2) is 5.51. The summed E-state index contributed by atoms with van der Waals surface area (Å²) in [6, 6.07) is 0.345. The van der Waals surface area contributed by atoms with E-state index in [2.05, 4.69) is 39.6 Å². The number of carbonyl (C=O) groups is 1. The van der Waals surface area contributed by atoms with E-state index in [0.29, 0.717) is 23.8 Å². The molecule has 0 radical (unpaired) electrons. The fourth-order valence-corrected chi connectivity index (χ4v) is 3.20. The summed E-state index contributed by atoms with van der Waals surface area (Å²) in [5, 5.41) is 3.09. The Morgan fingerprint density at radius 2 is 1.88 bits per heavy atom. The molecule has 0 aromatic carbocycles. The van der Waals surface area contributed by atoms with Crippen LogP contribution in [0.15, 0.2) is 12.7 Å². The highest BCUT2D eigenvalue weighted by molar-refractivity contribution is 5.87. The van der Waals surface area contributed by atoms with E-state index in [1.165, 1.54) is 12.5 Å². The normalized spacial score (nSPS) is 29.8. The summed E-state index contributed by atoms with van der Waals surface area (Å²) in [5.74, 6) is 2.67. The van der Waals surface area contributed by atoms with Crippen molar-refractivity contribution in [3.05, 3.63) is 12.7 Å². The molecular formula is C14H25NO. The standard InChI is InChI=1S/C14H25NO/c1-6-13(16)15-12-8-7-11(9(2)3)14(12)10(4)5/h6,9-12,14H,1,7-8H2,2-5H3,(H,15,16)/t11?,12-,14?/m0/s1. The Labute approximate surface area is 99.5 Å². The smallest absolute Gasteiger partial charge is 0.243 e. The Hall–Kier alpha value is -0.790. The zero-order valence-electron chi connectivity index (χ0n) is 11.0. The maximum atomic E-state index is 11.4. The summed E-state index contributed by atoms with van der Waals surface area (Å²) in [6.07, 6.45) is 3.73. The van der Waals surface area contributed by atoms with Gasteiger partial charge in [0.2, 0.25) is 5.91 Å². The Morgan fingerprint density at radius 1 is 1.25 bits per heavy atom. The molecular weight excluding hydrogens is 198 g/mol. The third-order valence-electron chi connectivity index (χ3n) is 3.91. The van der Waals surface area contributed by atoms with Crippen LogP contribution in [0.1, 0.15) is 40.5 Å². The number of hydrogen-bond acceptors (Lipinski definition) is 1. The summed E-state index contributed by atoms with van der Waals surface area (Å²) in [4.78, 5) is 11.4. The van der Waals surface area contributed by atoms with Crippen LogP contribution < -0.4 is 5.32 Å². The number of nitrogens with one attached hydrogen (secondary N) is 1. The van der Waals surface area contributed by atoms with Gasteiger partial charge >= 0.3 is 0 Å². The van der Waals surface area contributed by atoms with Crippen LogP contribution in [0.25, 0.3) is 0 Å². The SMILES string of the molecule is C=CC(=O)N[C@H]1CCC(C(C)C)C1C(C)C. The van der Waals surface area contributed by atoms with Gasteiger partial charge in [0.25, 0.3) is 0 Å². The summed E-state index contributed by atoms with van der Waals surface area (Å²) in [5.41, 5.74) is 0. The predicted molar refractivity (Wildman–Crippen MR) is 68.0 cm³/mol. The molecule has 2 heteroatoms. The van der Waals surface area contributed by atoms with Crippen LogP contribution in [0.4, 0.5) is 0 Å². The van der Waals surface area contributed by atoms with Crippen molar-refractivity contribution in [2.45, 2.75) is 46.6 Å². The highest BCUT2D eigenvalue weighted by Gasteiger charge is 2.39. The molecule has 2 unspecified atom stereocenters. The largest absolute Gasteiger partial charge is 0.350 e. The molecule has 1 aliphatic carbocycles. The summed E-state index contributed by atoms with van der Waals surface area (Å²) in [7, 11) is 0. The topological polar surface area (TPSA) is 29.1 Å². The molecule has 1 rings (SSSR count). The van der Waals surface area contributed by atoms with Crippen LogP contribution >= 0.6 is 0 Å². The van der Waals surface area contributed by atoms with Crippen molar-refractivity contribution < 1.29 is 4.79 Å². The van der Waals surface area contributed by atoms with Crippen molar-refractivity contribution in [3.8, 4) is 0 Å². The van der Waals surface area contributed by atoms with Gasteiger partial charge in [0.15, 0.2) is 0 Å². The average molecular weight is 223 g/mol. The van der Waals surface area contributed by atoms with Crippen molar-refractivity contribution in [1.29, 1.82) is 0 Å². The fraction of sp³-hybridized carbons (Fsp3) is 0.786. The van der Waals surface area contributed by atoms with E-state index in [0.717, 1.165) is 12.3 Å². The van der Waals surface area contributed by atoms with E-state index >= 15 is 0 Å². The van der Waals surface area contributed by atoms with Crippen molar-refractivity contribution in [1.82, 2.24) is 5.32 Å². The molecule has 0 saturated heterocycles. The number of hydrogen-bond donors (Lipinski definition) is 1. The van der Waals surface area contributed by atoms with Crippen LogP contribution in [0.3, 0.4) is 0 Å². The minimum absolute atomic E-state index is 0.0277. The molecule has 0 bridgehead atoms. The van der Waals surface area contributed by atoms with Gasteiger partial charge in [0, 0.05) is 6.04 Å². The molecule has 0 aliphatic heterocycles. The van der Waals surface area contributed by atoms with Gasteiger partial charge in [-0.15, -0.1) is 0 Å². The molecule has 16 heavy (non-hydrogen) atoms. The molecule has 0 aromatic heterocycles. The minimum Gasteiger partial charge on any atom is -0.350 e. The van der Waals surface area contributed by atoms with Gasteiger partial charge in [-0.1, -0.05) is 34.3 Å². The highest BCUT2D eigenvalue weighted by Crippen LogP contribution is 2.41. The van der Waals surface area contributed by atoms with E-state index < -0.39 is 0 Å².